The summed E-state index contributed by atoms with van der Waals surface area (Å²) in [6, 6.07) is 17.2. The minimum atomic E-state index is -0.0290. The molecule has 4 heteroatoms. The Morgan fingerprint density at radius 2 is 1.59 bits per heavy atom. The quantitative estimate of drug-likeness (QED) is 0.741. The lowest BCUT2D eigenvalue weighted by Crippen LogP contribution is -2.32. The molecule has 0 bridgehead atoms. The summed E-state index contributed by atoms with van der Waals surface area (Å²) < 4.78 is 1.70. The molecule has 0 aliphatic rings. The van der Waals surface area contributed by atoms with Gasteiger partial charge in [0.05, 0.1) is 16.6 Å². The molecule has 0 atom stereocenters. The van der Waals surface area contributed by atoms with Crippen molar-refractivity contribution >= 4 is 16.9 Å². The molecule has 0 amide bonds. The third kappa shape index (κ3) is 2.37. The smallest absolute Gasteiger partial charge is 0.267 e. The molecule has 0 saturated carbocycles. The van der Waals surface area contributed by atoms with E-state index >= 15 is 0 Å². The van der Waals surface area contributed by atoms with E-state index in [4.69, 9.17) is 4.98 Å². The van der Waals surface area contributed by atoms with Crippen LogP contribution in [0, 0.1) is 0 Å². The summed E-state index contributed by atoms with van der Waals surface area (Å²) in [5.74, 6) is 0.694. The molecule has 3 rings (SSSR count). The molecule has 0 aliphatic carbocycles. The molecule has 1 heterocycles. The standard InChI is InChI=1S/C18H19N3O/c1-3-20(4-2)18-19-16-13-9-8-12-15(16)17(22)21(18)14-10-6-5-7-11-14/h5-13H,3-4H2,1-2H3. The van der Waals surface area contributed by atoms with Gasteiger partial charge in [-0.2, -0.15) is 0 Å². The molecule has 2 aromatic carbocycles. The fraction of sp³-hybridized carbons (Fsp3) is 0.222. The van der Waals surface area contributed by atoms with Crippen LogP contribution in [-0.2, 0) is 0 Å². The van der Waals surface area contributed by atoms with Gasteiger partial charge < -0.3 is 4.90 Å². The monoisotopic (exact) mass is 293 g/mol. The summed E-state index contributed by atoms with van der Waals surface area (Å²) in [4.78, 5) is 19.8. The van der Waals surface area contributed by atoms with Gasteiger partial charge in [0.2, 0.25) is 5.95 Å². The summed E-state index contributed by atoms with van der Waals surface area (Å²) in [7, 11) is 0. The molecule has 1 aromatic heterocycles. The Morgan fingerprint density at radius 3 is 2.27 bits per heavy atom. The van der Waals surface area contributed by atoms with Crippen molar-refractivity contribution in [3.63, 3.8) is 0 Å². The summed E-state index contributed by atoms with van der Waals surface area (Å²) >= 11 is 0. The van der Waals surface area contributed by atoms with Crippen LogP contribution in [0.15, 0.2) is 59.4 Å². The maximum Gasteiger partial charge on any atom is 0.267 e. The zero-order chi connectivity index (χ0) is 15.5. The number of aromatic nitrogens is 2. The predicted octanol–water partition coefficient (Wildman–Crippen LogP) is 3.23. The van der Waals surface area contributed by atoms with Gasteiger partial charge in [-0.3, -0.25) is 4.79 Å². The van der Waals surface area contributed by atoms with Crippen molar-refractivity contribution in [1.82, 2.24) is 9.55 Å². The summed E-state index contributed by atoms with van der Waals surface area (Å²) in [6.45, 7) is 5.74. The number of rotatable bonds is 4. The van der Waals surface area contributed by atoms with Gasteiger partial charge >= 0.3 is 0 Å². The first-order chi connectivity index (χ1) is 10.8. The zero-order valence-corrected chi connectivity index (χ0v) is 12.9. The average molecular weight is 293 g/mol. The highest BCUT2D eigenvalue weighted by molar-refractivity contribution is 5.79. The number of hydrogen-bond donors (Lipinski definition) is 0. The van der Waals surface area contributed by atoms with Crippen LogP contribution in [0.3, 0.4) is 0 Å². The van der Waals surface area contributed by atoms with E-state index in [1.165, 1.54) is 0 Å². The number of fused-ring (bicyclic) bond motifs is 1. The molecule has 0 radical (unpaired) electrons. The van der Waals surface area contributed by atoms with E-state index in [0.717, 1.165) is 24.3 Å². The molecule has 0 N–H and O–H groups in total. The first-order valence-corrected chi connectivity index (χ1v) is 7.58. The lowest BCUT2D eigenvalue weighted by Gasteiger charge is -2.24. The molecule has 0 spiro atoms. The van der Waals surface area contributed by atoms with E-state index < -0.39 is 0 Å². The molecule has 112 valence electrons. The van der Waals surface area contributed by atoms with Crippen LogP contribution in [0.1, 0.15) is 13.8 Å². The highest BCUT2D eigenvalue weighted by atomic mass is 16.1. The van der Waals surface area contributed by atoms with Crippen molar-refractivity contribution in [3.05, 3.63) is 65.0 Å². The minimum Gasteiger partial charge on any atom is -0.342 e. The number of benzene rings is 2. The van der Waals surface area contributed by atoms with Crippen molar-refractivity contribution in [1.29, 1.82) is 0 Å². The minimum absolute atomic E-state index is 0.0290. The van der Waals surface area contributed by atoms with Gasteiger partial charge in [-0.15, -0.1) is 0 Å². The van der Waals surface area contributed by atoms with E-state index in [-0.39, 0.29) is 5.56 Å². The molecule has 3 aromatic rings. The fourth-order valence-electron chi connectivity index (χ4n) is 2.65. The van der Waals surface area contributed by atoms with Gasteiger partial charge in [0, 0.05) is 13.1 Å². The van der Waals surface area contributed by atoms with Crippen LogP contribution >= 0.6 is 0 Å². The normalized spacial score (nSPS) is 10.8. The molecule has 0 unspecified atom stereocenters. The van der Waals surface area contributed by atoms with Gasteiger partial charge in [0.25, 0.3) is 5.56 Å². The van der Waals surface area contributed by atoms with Crippen LogP contribution in [-0.4, -0.2) is 22.6 Å². The van der Waals surface area contributed by atoms with Crippen LogP contribution in [0.2, 0.25) is 0 Å². The second-order valence-corrected chi connectivity index (χ2v) is 5.08. The molecule has 4 nitrogen and oxygen atoms in total. The Labute approximate surface area is 129 Å². The highest BCUT2D eigenvalue weighted by Crippen LogP contribution is 2.19. The van der Waals surface area contributed by atoms with Crippen molar-refractivity contribution < 1.29 is 0 Å². The third-order valence-electron chi connectivity index (χ3n) is 3.82. The topological polar surface area (TPSA) is 38.1 Å². The van der Waals surface area contributed by atoms with Crippen molar-refractivity contribution in [2.24, 2.45) is 0 Å². The highest BCUT2D eigenvalue weighted by Gasteiger charge is 2.16. The molecule has 22 heavy (non-hydrogen) atoms. The van der Waals surface area contributed by atoms with Gasteiger partial charge in [0.1, 0.15) is 0 Å². The Morgan fingerprint density at radius 1 is 0.955 bits per heavy atom. The van der Waals surface area contributed by atoms with E-state index in [2.05, 4.69) is 18.7 Å². The van der Waals surface area contributed by atoms with E-state index in [1.54, 1.807) is 4.57 Å². The molecular weight excluding hydrogens is 274 g/mol. The number of hydrogen-bond acceptors (Lipinski definition) is 3. The molecule has 0 fully saturated rings. The van der Waals surface area contributed by atoms with Crippen LogP contribution in [0.5, 0.6) is 0 Å². The van der Waals surface area contributed by atoms with Crippen molar-refractivity contribution in [2.75, 3.05) is 18.0 Å². The number of anilines is 1. The van der Waals surface area contributed by atoms with E-state index in [1.807, 2.05) is 54.6 Å². The molecule has 0 saturated heterocycles. The summed E-state index contributed by atoms with van der Waals surface area (Å²) in [5, 5.41) is 0.641. The van der Waals surface area contributed by atoms with E-state index in [9.17, 15) is 4.79 Å². The Kier molecular flexibility index (Phi) is 3.92. The summed E-state index contributed by atoms with van der Waals surface area (Å²) in [6.07, 6.45) is 0. The fourth-order valence-corrected chi connectivity index (χ4v) is 2.65. The first kappa shape index (κ1) is 14.3. The van der Waals surface area contributed by atoms with Gasteiger partial charge in [0.15, 0.2) is 0 Å². The number of nitrogens with zero attached hydrogens (tertiary/aromatic N) is 3. The third-order valence-corrected chi connectivity index (χ3v) is 3.82. The molecule has 0 aliphatic heterocycles. The second-order valence-electron chi connectivity index (χ2n) is 5.08. The van der Waals surface area contributed by atoms with Gasteiger partial charge in [-0.05, 0) is 38.1 Å². The van der Waals surface area contributed by atoms with Crippen LogP contribution < -0.4 is 10.5 Å². The Hall–Kier alpha value is -2.62. The predicted molar refractivity (Wildman–Crippen MR) is 90.9 cm³/mol. The zero-order valence-electron chi connectivity index (χ0n) is 12.9. The maximum atomic E-state index is 13.0. The maximum absolute atomic E-state index is 13.0. The van der Waals surface area contributed by atoms with Crippen LogP contribution in [0.25, 0.3) is 16.6 Å². The number of para-hydroxylation sites is 2. The SMILES string of the molecule is CCN(CC)c1nc2ccccc2c(=O)n1-c1ccccc1. The summed E-state index contributed by atoms with van der Waals surface area (Å²) in [5.41, 5.74) is 1.55. The van der Waals surface area contributed by atoms with Crippen molar-refractivity contribution in [3.8, 4) is 5.69 Å². The van der Waals surface area contributed by atoms with E-state index in [0.29, 0.717) is 11.3 Å². The Balaban J connectivity index is 2.38. The largest absolute Gasteiger partial charge is 0.342 e. The average Bonchev–Trinajstić information content (AvgIpc) is 2.57. The lowest BCUT2D eigenvalue weighted by molar-refractivity contribution is 0.787. The van der Waals surface area contributed by atoms with Crippen molar-refractivity contribution in [2.45, 2.75) is 13.8 Å². The van der Waals surface area contributed by atoms with Crippen LogP contribution in [0.4, 0.5) is 5.95 Å². The first-order valence-electron chi connectivity index (χ1n) is 7.58. The Bertz CT molecular complexity index is 836. The lowest BCUT2D eigenvalue weighted by atomic mass is 10.2. The molecular formula is C18H19N3O. The van der Waals surface area contributed by atoms with Gasteiger partial charge in [-0.25, -0.2) is 9.55 Å². The second kappa shape index (κ2) is 6.02. The van der Waals surface area contributed by atoms with Gasteiger partial charge in [-0.1, -0.05) is 30.3 Å².